The Morgan fingerprint density at radius 2 is 2.00 bits per heavy atom. The van der Waals surface area contributed by atoms with Gasteiger partial charge in [-0.25, -0.2) is 0 Å². The van der Waals surface area contributed by atoms with E-state index in [9.17, 15) is 9.59 Å². The van der Waals surface area contributed by atoms with Crippen LogP contribution in [0.5, 0.6) is 0 Å². The first kappa shape index (κ1) is 26.2. The highest BCUT2D eigenvalue weighted by molar-refractivity contribution is 7.99. The molecule has 2 amide bonds. The first-order valence-corrected chi connectivity index (χ1v) is 13.9. The zero-order valence-corrected chi connectivity index (χ0v) is 22.9. The fraction of sp³-hybridized carbons (Fsp3) is 0.407. The van der Waals surface area contributed by atoms with Crippen molar-refractivity contribution in [1.82, 2.24) is 14.8 Å². The highest BCUT2D eigenvalue weighted by Crippen LogP contribution is 2.39. The second-order valence-electron chi connectivity index (χ2n) is 10.3. The average Bonchev–Trinajstić information content (AvgIpc) is 3.37. The number of hydrogen-bond donors (Lipinski definition) is 2. The quantitative estimate of drug-likeness (QED) is 0.302. The summed E-state index contributed by atoms with van der Waals surface area (Å²) < 4.78 is 1.96. The summed E-state index contributed by atoms with van der Waals surface area (Å²) in [5.74, 6) is 0.728. The van der Waals surface area contributed by atoms with Crippen LogP contribution < -0.4 is 11.1 Å². The monoisotopic (exact) mass is 523 g/mol. The SMILES string of the molecule is C=CCn1c(SCC(=O)Nc2sc3c(c2C(N)=O)CCC(C)C3)nnc1-c1ccc(C(C)(C)C)cc1. The van der Waals surface area contributed by atoms with E-state index in [0.717, 1.165) is 41.1 Å². The van der Waals surface area contributed by atoms with Gasteiger partial charge >= 0.3 is 0 Å². The molecule has 3 N–H and O–H groups in total. The van der Waals surface area contributed by atoms with Crippen LogP contribution in [0.4, 0.5) is 5.00 Å². The van der Waals surface area contributed by atoms with Crippen LogP contribution in [0, 0.1) is 5.92 Å². The number of amides is 2. The number of thioether (sulfide) groups is 1. The van der Waals surface area contributed by atoms with Gasteiger partial charge < -0.3 is 11.1 Å². The van der Waals surface area contributed by atoms with Crippen molar-refractivity contribution in [3.63, 3.8) is 0 Å². The van der Waals surface area contributed by atoms with E-state index in [4.69, 9.17) is 5.73 Å². The van der Waals surface area contributed by atoms with E-state index in [-0.39, 0.29) is 17.1 Å². The van der Waals surface area contributed by atoms with Gasteiger partial charge in [-0.1, -0.05) is 69.8 Å². The number of thiophene rings is 1. The van der Waals surface area contributed by atoms with Gasteiger partial charge in [0.1, 0.15) is 5.00 Å². The van der Waals surface area contributed by atoms with Crippen molar-refractivity contribution in [2.45, 2.75) is 64.1 Å². The van der Waals surface area contributed by atoms with E-state index in [1.165, 1.54) is 28.7 Å². The zero-order valence-electron chi connectivity index (χ0n) is 21.3. The molecule has 0 radical (unpaired) electrons. The van der Waals surface area contributed by atoms with Gasteiger partial charge in [-0.15, -0.1) is 28.1 Å². The molecule has 1 atom stereocenters. The zero-order chi connectivity index (χ0) is 26.0. The lowest BCUT2D eigenvalue weighted by atomic mass is 9.87. The Morgan fingerprint density at radius 3 is 2.64 bits per heavy atom. The number of benzene rings is 1. The summed E-state index contributed by atoms with van der Waals surface area (Å²) in [5.41, 5.74) is 9.42. The Kier molecular flexibility index (Phi) is 7.70. The minimum absolute atomic E-state index is 0.0656. The minimum Gasteiger partial charge on any atom is -0.365 e. The number of nitrogens with zero attached hydrogens (tertiary/aromatic N) is 3. The van der Waals surface area contributed by atoms with Crippen LogP contribution in [0.25, 0.3) is 11.4 Å². The summed E-state index contributed by atoms with van der Waals surface area (Å²) >= 11 is 2.78. The number of allylic oxidation sites excluding steroid dienone is 1. The third kappa shape index (κ3) is 5.57. The third-order valence-electron chi connectivity index (χ3n) is 6.38. The molecule has 2 heterocycles. The lowest BCUT2D eigenvalue weighted by molar-refractivity contribution is -0.113. The smallest absolute Gasteiger partial charge is 0.251 e. The molecule has 0 saturated heterocycles. The molecule has 1 aliphatic rings. The molecule has 4 rings (SSSR count). The van der Waals surface area contributed by atoms with Gasteiger partial charge in [-0.2, -0.15) is 0 Å². The first-order chi connectivity index (χ1) is 17.1. The molecule has 0 bridgehead atoms. The summed E-state index contributed by atoms with van der Waals surface area (Å²) in [4.78, 5) is 26.2. The molecule has 3 aromatic rings. The van der Waals surface area contributed by atoms with Crippen LogP contribution in [0.3, 0.4) is 0 Å². The average molecular weight is 524 g/mol. The topological polar surface area (TPSA) is 103 Å². The fourth-order valence-corrected chi connectivity index (χ4v) is 6.59. The van der Waals surface area contributed by atoms with E-state index in [1.807, 2.05) is 4.57 Å². The summed E-state index contributed by atoms with van der Waals surface area (Å²) in [5, 5.41) is 12.9. The van der Waals surface area contributed by atoms with Crippen molar-refractivity contribution >= 4 is 39.9 Å². The van der Waals surface area contributed by atoms with Gasteiger partial charge in [-0.3, -0.25) is 14.2 Å². The first-order valence-electron chi connectivity index (χ1n) is 12.1. The van der Waals surface area contributed by atoms with Crippen LogP contribution in [0.2, 0.25) is 0 Å². The van der Waals surface area contributed by atoms with Gasteiger partial charge in [0.25, 0.3) is 5.91 Å². The summed E-state index contributed by atoms with van der Waals surface area (Å²) in [6.07, 6.45) is 4.54. The molecule has 0 spiro atoms. The number of carbonyl (C=O) groups excluding carboxylic acids is 2. The number of hydrogen-bond acceptors (Lipinski definition) is 6. The van der Waals surface area contributed by atoms with Crippen LogP contribution >= 0.6 is 23.1 Å². The van der Waals surface area contributed by atoms with Gasteiger partial charge in [0.2, 0.25) is 5.91 Å². The second kappa shape index (κ2) is 10.6. The highest BCUT2D eigenvalue weighted by atomic mass is 32.2. The highest BCUT2D eigenvalue weighted by Gasteiger charge is 2.27. The Bertz CT molecular complexity index is 1280. The molecule has 9 heteroatoms. The largest absolute Gasteiger partial charge is 0.365 e. The number of anilines is 1. The Labute approximate surface area is 220 Å². The second-order valence-corrected chi connectivity index (χ2v) is 12.3. The van der Waals surface area contributed by atoms with Crippen molar-refractivity contribution in [3.05, 3.63) is 58.5 Å². The Hall–Kier alpha value is -2.91. The fourth-order valence-electron chi connectivity index (χ4n) is 4.41. The number of fused-ring (bicyclic) bond motifs is 1. The molecular weight excluding hydrogens is 490 g/mol. The van der Waals surface area contributed by atoms with Crippen LogP contribution in [-0.4, -0.2) is 32.3 Å². The van der Waals surface area contributed by atoms with Crippen molar-refractivity contribution in [2.75, 3.05) is 11.1 Å². The summed E-state index contributed by atoms with van der Waals surface area (Å²) in [6.45, 7) is 13.1. The number of nitrogens with two attached hydrogens (primary N) is 1. The molecule has 1 aromatic carbocycles. The minimum atomic E-state index is -0.488. The van der Waals surface area contributed by atoms with E-state index < -0.39 is 5.91 Å². The maximum absolute atomic E-state index is 12.9. The molecule has 0 aliphatic heterocycles. The van der Waals surface area contributed by atoms with Crippen molar-refractivity contribution in [1.29, 1.82) is 0 Å². The molecule has 0 fully saturated rings. The maximum atomic E-state index is 12.9. The lowest BCUT2D eigenvalue weighted by Gasteiger charge is -2.19. The standard InChI is InChI=1S/C27H33N5O2S2/c1-6-13-32-24(17-8-10-18(11-9-17)27(3,4)5)30-31-26(32)35-15-21(33)29-25-22(23(28)34)19-12-7-16(2)14-20(19)36-25/h6,8-11,16H,1,7,12-15H2,2-5H3,(H2,28,34)(H,29,33). The molecule has 36 heavy (non-hydrogen) atoms. The third-order valence-corrected chi connectivity index (χ3v) is 8.52. The van der Waals surface area contributed by atoms with Gasteiger partial charge in [0.15, 0.2) is 11.0 Å². The number of carbonyl (C=O) groups is 2. The van der Waals surface area contributed by atoms with E-state index in [0.29, 0.717) is 28.2 Å². The van der Waals surface area contributed by atoms with Crippen molar-refractivity contribution < 1.29 is 9.59 Å². The Balaban J connectivity index is 1.49. The molecule has 0 saturated carbocycles. The number of aromatic nitrogens is 3. The van der Waals surface area contributed by atoms with Crippen LogP contribution in [-0.2, 0) is 29.6 Å². The van der Waals surface area contributed by atoms with Crippen molar-refractivity contribution in [3.8, 4) is 11.4 Å². The molecule has 1 aliphatic carbocycles. The normalized spacial score (nSPS) is 15.4. The number of primary amides is 1. The van der Waals surface area contributed by atoms with Crippen LogP contribution in [0.1, 0.15) is 60.5 Å². The van der Waals surface area contributed by atoms with E-state index in [2.05, 4.69) is 74.1 Å². The molecule has 7 nitrogen and oxygen atoms in total. The van der Waals surface area contributed by atoms with E-state index in [1.54, 1.807) is 6.08 Å². The predicted molar refractivity (Wildman–Crippen MR) is 148 cm³/mol. The van der Waals surface area contributed by atoms with Gasteiger partial charge in [0, 0.05) is 17.0 Å². The van der Waals surface area contributed by atoms with Gasteiger partial charge in [0.05, 0.1) is 11.3 Å². The Morgan fingerprint density at radius 1 is 1.28 bits per heavy atom. The summed E-state index contributed by atoms with van der Waals surface area (Å²) in [7, 11) is 0. The van der Waals surface area contributed by atoms with E-state index >= 15 is 0 Å². The predicted octanol–water partition coefficient (Wildman–Crippen LogP) is 5.44. The number of rotatable bonds is 8. The number of nitrogens with one attached hydrogen (secondary N) is 1. The summed E-state index contributed by atoms with van der Waals surface area (Å²) in [6, 6.07) is 8.33. The molecule has 1 unspecified atom stereocenters. The van der Waals surface area contributed by atoms with Crippen molar-refractivity contribution in [2.24, 2.45) is 11.7 Å². The van der Waals surface area contributed by atoms with Gasteiger partial charge in [-0.05, 0) is 41.7 Å². The molecule has 2 aromatic heterocycles. The molecular formula is C27H33N5O2S2. The maximum Gasteiger partial charge on any atom is 0.251 e. The molecule has 190 valence electrons. The van der Waals surface area contributed by atoms with Crippen LogP contribution in [0.15, 0.2) is 42.1 Å². The lowest BCUT2D eigenvalue weighted by Crippen LogP contribution is -2.20.